The molecule has 0 aromatic heterocycles. The molecule has 0 amide bonds. The molecule has 2 saturated heterocycles. The van der Waals surface area contributed by atoms with E-state index < -0.39 is 34.2 Å². The van der Waals surface area contributed by atoms with E-state index in [1.807, 2.05) is 12.1 Å². The Labute approximate surface area is 296 Å². The first-order valence-electron chi connectivity index (χ1n) is 19.1. The van der Waals surface area contributed by atoms with Crippen molar-refractivity contribution in [3.8, 4) is 23.0 Å². The lowest BCUT2D eigenvalue weighted by Crippen LogP contribution is -2.76. The van der Waals surface area contributed by atoms with Gasteiger partial charge in [-0.15, -0.1) is 0 Å². The third-order valence-corrected chi connectivity index (χ3v) is 15.1. The number of ketones is 2. The molecular formula is C40H48N2O9. The first-order chi connectivity index (χ1) is 24.1. The molecule has 12 rings (SSSR count). The van der Waals surface area contributed by atoms with E-state index >= 15 is 0 Å². The predicted octanol–water partition coefficient (Wildman–Crippen LogP) is 2.23. The lowest BCUT2D eigenvalue weighted by atomic mass is 9.49. The average Bonchev–Trinajstić information content (AvgIpc) is 4.02. The van der Waals surface area contributed by atoms with Crippen LogP contribution in [0.15, 0.2) is 24.3 Å². The Morgan fingerprint density at radius 3 is 1.45 bits per heavy atom. The summed E-state index contributed by atoms with van der Waals surface area (Å²) < 4.78 is 12.1. The third-order valence-electron chi connectivity index (χ3n) is 15.1. The van der Waals surface area contributed by atoms with E-state index in [0.29, 0.717) is 37.2 Å². The number of phenolic OH excluding ortho intramolecular Hbond substituents is 2. The molecule has 2 aromatic carbocycles. The highest BCUT2D eigenvalue weighted by molar-refractivity contribution is 5.91. The molecule has 4 saturated carbocycles. The second kappa shape index (κ2) is 10.5. The average molecular weight is 701 g/mol. The summed E-state index contributed by atoms with van der Waals surface area (Å²) >= 11 is 0. The summed E-state index contributed by atoms with van der Waals surface area (Å²) in [6.45, 7) is 3.90. The van der Waals surface area contributed by atoms with Gasteiger partial charge in [0, 0.05) is 49.1 Å². The van der Waals surface area contributed by atoms with Crippen LogP contribution in [-0.2, 0) is 33.3 Å². The van der Waals surface area contributed by atoms with Gasteiger partial charge in [0.2, 0.25) is 0 Å². The number of Topliss-reactive ketones (excluding diaryl/α,β-unsaturated/α-hetero) is 2. The second-order valence-electron chi connectivity index (χ2n) is 17.4. The van der Waals surface area contributed by atoms with Crippen molar-refractivity contribution in [2.75, 3.05) is 26.2 Å². The molecule has 51 heavy (non-hydrogen) atoms. The Kier molecular flexibility index (Phi) is 6.66. The lowest BCUT2D eigenvalue weighted by molar-refractivity contribution is -0.188. The zero-order valence-electron chi connectivity index (χ0n) is 28.9. The van der Waals surface area contributed by atoms with Gasteiger partial charge in [0.25, 0.3) is 0 Å². The molecule has 8 atom stereocenters. The molecule has 2 spiro atoms. The van der Waals surface area contributed by atoms with E-state index in [2.05, 4.69) is 9.80 Å². The molecule has 10 aliphatic rings. The molecule has 0 radical (unpaired) electrons. The van der Waals surface area contributed by atoms with Crippen molar-refractivity contribution in [1.29, 1.82) is 0 Å². The van der Waals surface area contributed by atoms with Crippen molar-refractivity contribution >= 4 is 11.6 Å². The Hall–Kier alpha value is -3.22. The lowest BCUT2D eigenvalue weighted by Gasteiger charge is -2.62. The zero-order chi connectivity index (χ0) is 33.9. The molecule has 6 fully saturated rings. The summed E-state index contributed by atoms with van der Waals surface area (Å²) in [4.78, 5) is 30.4. The molecule has 4 bridgehead atoms. The number of carbonyl (C=O) groups excluding carboxylic acids is 2. The minimum absolute atomic E-state index is 0. The summed E-state index contributed by atoms with van der Waals surface area (Å²) in [6, 6.07) is 7.38. The van der Waals surface area contributed by atoms with Gasteiger partial charge in [-0.1, -0.05) is 12.1 Å². The largest absolute Gasteiger partial charge is 0.504 e. The minimum Gasteiger partial charge on any atom is -0.504 e. The molecule has 4 heterocycles. The minimum atomic E-state index is -0.940. The van der Waals surface area contributed by atoms with Gasteiger partial charge in [-0.05, 0) is 112 Å². The van der Waals surface area contributed by atoms with Crippen LogP contribution in [0.25, 0.3) is 0 Å². The standard InChI is InChI=1S/2C20H23NO4.H2O/c2*22-13-4-3-12-9-15-20(24)6-5-14(23)18-19(20,16(12)17(13)25-18)7-8-21(15)10-11-1-2-11;/h2*3-4,11,15,18,22,24H,1-2,5-10H2;1H2/t2*15-,18+,19?,20-;/m11./s1. The number of likely N-dealkylation sites (tertiary alicyclic amines) is 2. The molecule has 2 aromatic rings. The fourth-order valence-corrected chi connectivity index (χ4v) is 12.5. The van der Waals surface area contributed by atoms with E-state index in [1.165, 1.54) is 25.7 Å². The summed E-state index contributed by atoms with van der Waals surface area (Å²) in [7, 11) is 0. The number of hydrogen-bond acceptors (Lipinski definition) is 10. The van der Waals surface area contributed by atoms with Crippen LogP contribution >= 0.6 is 0 Å². The number of aromatic hydroxyl groups is 2. The molecule has 11 heteroatoms. The maximum absolute atomic E-state index is 12.7. The van der Waals surface area contributed by atoms with Gasteiger partial charge in [-0.2, -0.15) is 0 Å². The van der Waals surface area contributed by atoms with Crippen LogP contribution in [0.1, 0.15) is 86.5 Å². The number of phenols is 2. The van der Waals surface area contributed by atoms with Crippen molar-refractivity contribution in [2.45, 2.75) is 123 Å². The number of carbonyl (C=O) groups is 2. The molecule has 4 aliphatic heterocycles. The van der Waals surface area contributed by atoms with Crippen LogP contribution in [0, 0.1) is 11.8 Å². The van der Waals surface area contributed by atoms with Crippen molar-refractivity contribution in [2.24, 2.45) is 11.8 Å². The van der Waals surface area contributed by atoms with Crippen LogP contribution in [0.3, 0.4) is 0 Å². The monoisotopic (exact) mass is 700 g/mol. The van der Waals surface area contributed by atoms with Crippen LogP contribution in [0.2, 0.25) is 0 Å². The van der Waals surface area contributed by atoms with E-state index in [1.54, 1.807) is 12.1 Å². The second-order valence-corrected chi connectivity index (χ2v) is 17.4. The van der Waals surface area contributed by atoms with Gasteiger partial charge in [0.15, 0.2) is 46.8 Å². The van der Waals surface area contributed by atoms with Crippen LogP contribution < -0.4 is 9.47 Å². The van der Waals surface area contributed by atoms with Gasteiger partial charge in [-0.3, -0.25) is 19.4 Å². The van der Waals surface area contributed by atoms with Crippen LogP contribution in [0.4, 0.5) is 0 Å². The maximum Gasteiger partial charge on any atom is 0.174 e. The Morgan fingerprint density at radius 2 is 1.06 bits per heavy atom. The number of hydrogen-bond donors (Lipinski definition) is 4. The van der Waals surface area contributed by atoms with Crippen molar-refractivity contribution < 1.29 is 45.0 Å². The van der Waals surface area contributed by atoms with Gasteiger partial charge < -0.3 is 35.4 Å². The number of aliphatic hydroxyl groups is 2. The van der Waals surface area contributed by atoms with Gasteiger partial charge >= 0.3 is 0 Å². The summed E-state index contributed by atoms with van der Waals surface area (Å²) in [5.74, 6) is 2.78. The maximum atomic E-state index is 12.7. The van der Waals surface area contributed by atoms with E-state index in [9.17, 15) is 30.0 Å². The molecule has 6 aliphatic carbocycles. The van der Waals surface area contributed by atoms with Gasteiger partial charge in [-0.25, -0.2) is 0 Å². The zero-order valence-corrected chi connectivity index (χ0v) is 28.9. The van der Waals surface area contributed by atoms with Crippen molar-refractivity contribution in [1.82, 2.24) is 9.80 Å². The molecular weight excluding hydrogens is 652 g/mol. The van der Waals surface area contributed by atoms with E-state index in [4.69, 9.17) is 9.47 Å². The highest BCUT2D eigenvalue weighted by atomic mass is 16.5. The SMILES string of the molecule is O.O=C1CC[C@@]2(O)[C@H]3Cc4ccc(O)c5c4C2(CCN3CC2CC2)[C@H]1O5.O=C1CC[C@@]2(O)[C@H]3Cc4ccc(O)c5c4C2(CCN3CC2CC2)[C@H]1O5. The quantitative estimate of drug-likeness (QED) is 0.371. The fourth-order valence-electron chi connectivity index (χ4n) is 12.5. The molecule has 11 nitrogen and oxygen atoms in total. The first-order valence-corrected chi connectivity index (χ1v) is 19.1. The van der Waals surface area contributed by atoms with E-state index in [0.717, 1.165) is 86.0 Å². The molecule has 2 unspecified atom stereocenters. The number of piperidine rings is 2. The first kappa shape index (κ1) is 32.4. The van der Waals surface area contributed by atoms with Crippen LogP contribution in [0.5, 0.6) is 23.0 Å². The highest BCUT2D eigenvalue weighted by Crippen LogP contribution is 2.66. The fraction of sp³-hybridized carbons (Fsp3) is 0.650. The normalized spacial score (nSPS) is 40.6. The highest BCUT2D eigenvalue weighted by Gasteiger charge is 2.74. The Bertz CT molecular complexity index is 1740. The Balaban J connectivity index is 0.000000126. The smallest absolute Gasteiger partial charge is 0.174 e. The molecule has 272 valence electrons. The van der Waals surface area contributed by atoms with Gasteiger partial charge in [0.05, 0.1) is 22.0 Å². The number of ether oxygens (including phenoxy) is 2. The van der Waals surface area contributed by atoms with Crippen molar-refractivity contribution in [3.05, 3.63) is 46.5 Å². The number of nitrogens with zero attached hydrogens (tertiary/aromatic N) is 2. The van der Waals surface area contributed by atoms with E-state index in [-0.39, 0.29) is 40.6 Å². The van der Waals surface area contributed by atoms with Crippen LogP contribution in [-0.4, -0.2) is 109 Å². The predicted molar refractivity (Wildman–Crippen MR) is 183 cm³/mol. The Morgan fingerprint density at radius 1 is 0.647 bits per heavy atom. The summed E-state index contributed by atoms with van der Waals surface area (Å²) in [5.41, 5.74) is 0.907. The third kappa shape index (κ3) is 3.92. The summed E-state index contributed by atoms with van der Waals surface area (Å²) in [5, 5.41) is 44.6. The topological polar surface area (TPSA) is 171 Å². The molecule has 6 N–H and O–H groups in total. The van der Waals surface area contributed by atoms with Gasteiger partial charge in [0.1, 0.15) is 0 Å². The van der Waals surface area contributed by atoms with Crippen molar-refractivity contribution in [3.63, 3.8) is 0 Å². The summed E-state index contributed by atoms with van der Waals surface area (Å²) in [6.07, 6.45) is 8.65. The number of benzene rings is 2. The number of rotatable bonds is 4.